The number of hydrogen-bond acceptors (Lipinski definition) is 5. The summed E-state index contributed by atoms with van der Waals surface area (Å²) in [5.74, 6) is -0.828. The first kappa shape index (κ1) is 16.4. The largest absolute Gasteiger partial charge is 0.465 e. The molecule has 0 saturated carbocycles. The van der Waals surface area contributed by atoms with Crippen LogP contribution < -0.4 is 5.32 Å². The normalized spacial score (nSPS) is 18.9. The van der Waals surface area contributed by atoms with Crippen molar-refractivity contribution in [3.8, 4) is 0 Å². The zero-order chi connectivity index (χ0) is 16.3. The molecular weight excluding hydrogens is 308 g/mol. The standard InChI is InChI=1S/C14H18N2O5S/c1-21-14(18)10-5-7-11(8-6-10)15-13(17)12-4-3-9-16(12)22(2,19)20/h5-8,12H,3-4,9H2,1-2H3,(H,15,17). The molecule has 1 aromatic rings. The van der Waals surface area contributed by atoms with E-state index in [1.165, 1.54) is 23.5 Å². The number of carbonyl (C=O) groups excluding carboxylic acids is 2. The Morgan fingerprint density at radius 1 is 1.27 bits per heavy atom. The van der Waals surface area contributed by atoms with E-state index in [-0.39, 0.29) is 5.91 Å². The fourth-order valence-electron chi connectivity index (χ4n) is 2.43. The van der Waals surface area contributed by atoms with Crippen LogP contribution in [0, 0.1) is 0 Å². The zero-order valence-electron chi connectivity index (χ0n) is 12.4. The van der Waals surface area contributed by atoms with Crippen molar-refractivity contribution in [2.75, 3.05) is 25.2 Å². The third-order valence-electron chi connectivity index (χ3n) is 3.51. The molecule has 0 aromatic heterocycles. The highest BCUT2D eigenvalue weighted by molar-refractivity contribution is 7.88. The van der Waals surface area contributed by atoms with Crippen LogP contribution in [0.1, 0.15) is 23.2 Å². The summed E-state index contributed by atoms with van der Waals surface area (Å²) in [5.41, 5.74) is 0.872. The van der Waals surface area contributed by atoms with Crippen LogP contribution in [0.15, 0.2) is 24.3 Å². The third-order valence-corrected chi connectivity index (χ3v) is 4.79. The number of anilines is 1. The highest BCUT2D eigenvalue weighted by atomic mass is 32.2. The molecule has 1 fully saturated rings. The lowest BCUT2D eigenvalue weighted by molar-refractivity contribution is -0.119. The molecule has 0 aliphatic carbocycles. The number of hydrogen-bond donors (Lipinski definition) is 1. The SMILES string of the molecule is COC(=O)c1ccc(NC(=O)C2CCCN2S(C)(=O)=O)cc1. The van der Waals surface area contributed by atoms with Gasteiger partial charge in [-0.25, -0.2) is 13.2 Å². The van der Waals surface area contributed by atoms with E-state index in [9.17, 15) is 18.0 Å². The number of esters is 1. The van der Waals surface area contributed by atoms with Gasteiger partial charge in [0, 0.05) is 12.2 Å². The Morgan fingerprint density at radius 3 is 2.45 bits per heavy atom. The van der Waals surface area contributed by atoms with E-state index < -0.39 is 22.0 Å². The Hall–Kier alpha value is -1.93. The topological polar surface area (TPSA) is 92.8 Å². The molecular formula is C14H18N2O5S. The number of carbonyl (C=O) groups is 2. The van der Waals surface area contributed by atoms with Gasteiger partial charge in [0.15, 0.2) is 0 Å². The van der Waals surface area contributed by atoms with Crippen LogP contribution in [0.2, 0.25) is 0 Å². The average molecular weight is 326 g/mol. The monoisotopic (exact) mass is 326 g/mol. The molecule has 120 valence electrons. The van der Waals surface area contributed by atoms with E-state index in [1.54, 1.807) is 12.1 Å². The minimum Gasteiger partial charge on any atom is -0.465 e. The van der Waals surface area contributed by atoms with Crippen molar-refractivity contribution < 1.29 is 22.7 Å². The predicted molar refractivity (Wildman–Crippen MR) is 81.0 cm³/mol. The number of sulfonamides is 1. The molecule has 2 rings (SSSR count). The maximum atomic E-state index is 12.2. The van der Waals surface area contributed by atoms with Gasteiger partial charge in [-0.1, -0.05) is 0 Å². The molecule has 1 amide bonds. The first-order valence-corrected chi connectivity index (χ1v) is 8.64. The molecule has 0 spiro atoms. The molecule has 8 heteroatoms. The number of nitrogens with one attached hydrogen (secondary N) is 1. The number of rotatable bonds is 4. The number of benzene rings is 1. The number of amides is 1. The molecule has 1 unspecified atom stereocenters. The molecule has 0 bridgehead atoms. The van der Waals surface area contributed by atoms with Crippen molar-refractivity contribution in [3.63, 3.8) is 0 Å². The highest BCUT2D eigenvalue weighted by Gasteiger charge is 2.36. The fourth-order valence-corrected chi connectivity index (χ4v) is 3.56. The van der Waals surface area contributed by atoms with E-state index in [0.29, 0.717) is 30.6 Å². The molecule has 7 nitrogen and oxygen atoms in total. The summed E-state index contributed by atoms with van der Waals surface area (Å²) in [6.45, 7) is 0.359. The van der Waals surface area contributed by atoms with Gasteiger partial charge in [0.25, 0.3) is 0 Å². The number of methoxy groups -OCH3 is 1. The summed E-state index contributed by atoms with van der Waals surface area (Å²) in [6, 6.07) is 5.53. The van der Waals surface area contributed by atoms with Gasteiger partial charge < -0.3 is 10.1 Å². The summed E-state index contributed by atoms with van der Waals surface area (Å²) >= 11 is 0. The quantitative estimate of drug-likeness (QED) is 0.828. The van der Waals surface area contributed by atoms with Crippen molar-refractivity contribution in [1.29, 1.82) is 0 Å². The molecule has 1 atom stereocenters. The molecule has 1 aliphatic rings. The molecule has 1 heterocycles. The van der Waals surface area contributed by atoms with E-state index in [2.05, 4.69) is 10.1 Å². The van der Waals surface area contributed by atoms with Crippen molar-refractivity contribution in [3.05, 3.63) is 29.8 Å². The van der Waals surface area contributed by atoms with Gasteiger partial charge in [0.2, 0.25) is 15.9 Å². The van der Waals surface area contributed by atoms with Crippen LogP contribution in [0.5, 0.6) is 0 Å². The van der Waals surface area contributed by atoms with Crippen molar-refractivity contribution >= 4 is 27.6 Å². The molecule has 1 saturated heterocycles. The first-order chi connectivity index (χ1) is 10.3. The second-order valence-corrected chi connectivity index (χ2v) is 7.02. The zero-order valence-corrected chi connectivity index (χ0v) is 13.2. The smallest absolute Gasteiger partial charge is 0.337 e. The van der Waals surface area contributed by atoms with Gasteiger partial charge in [-0.2, -0.15) is 4.31 Å². The van der Waals surface area contributed by atoms with Gasteiger partial charge in [-0.3, -0.25) is 4.79 Å². The van der Waals surface area contributed by atoms with Crippen LogP contribution in [0.4, 0.5) is 5.69 Å². The van der Waals surface area contributed by atoms with Crippen LogP contribution >= 0.6 is 0 Å². The third kappa shape index (κ3) is 3.63. The predicted octanol–water partition coefficient (Wildman–Crippen LogP) is 0.836. The summed E-state index contributed by atoms with van der Waals surface area (Å²) in [5, 5.41) is 2.67. The summed E-state index contributed by atoms with van der Waals surface area (Å²) < 4.78 is 29.1. The van der Waals surface area contributed by atoms with Gasteiger partial charge in [0.05, 0.1) is 18.9 Å². The minimum atomic E-state index is -3.40. The maximum Gasteiger partial charge on any atom is 0.337 e. The maximum absolute atomic E-state index is 12.2. The average Bonchev–Trinajstić information content (AvgIpc) is 2.97. The van der Waals surface area contributed by atoms with E-state index in [1.807, 2.05) is 0 Å². The Labute approximate surface area is 129 Å². The van der Waals surface area contributed by atoms with Crippen molar-refractivity contribution in [2.45, 2.75) is 18.9 Å². The highest BCUT2D eigenvalue weighted by Crippen LogP contribution is 2.22. The lowest BCUT2D eigenvalue weighted by Gasteiger charge is -2.21. The van der Waals surface area contributed by atoms with E-state index in [0.717, 1.165) is 6.26 Å². The van der Waals surface area contributed by atoms with Crippen molar-refractivity contribution in [2.24, 2.45) is 0 Å². The second-order valence-electron chi connectivity index (χ2n) is 5.09. The van der Waals surface area contributed by atoms with Gasteiger partial charge >= 0.3 is 5.97 Å². The molecule has 0 radical (unpaired) electrons. The fraction of sp³-hybridized carbons (Fsp3) is 0.429. The second kappa shape index (κ2) is 6.45. The first-order valence-electron chi connectivity index (χ1n) is 6.79. The van der Waals surface area contributed by atoms with Crippen LogP contribution in [-0.2, 0) is 19.6 Å². The summed E-state index contributed by atoms with van der Waals surface area (Å²) in [6.07, 6.45) is 2.26. The summed E-state index contributed by atoms with van der Waals surface area (Å²) in [4.78, 5) is 23.6. The molecule has 1 aromatic carbocycles. The van der Waals surface area contributed by atoms with Gasteiger partial charge in [-0.15, -0.1) is 0 Å². The van der Waals surface area contributed by atoms with Crippen LogP contribution in [0.25, 0.3) is 0 Å². The van der Waals surface area contributed by atoms with E-state index >= 15 is 0 Å². The lowest BCUT2D eigenvalue weighted by Crippen LogP contribution is -2.42. The molecule has 1 N–H and O–H groups in total. The molecule has 1 aliphatic heterocycles. The van der Waals surface area contributed by atoms with Crippen LogP contribution in [0.3, 0.4) is 0 Å². The Kier molecular flexibility index (Phi) is 4.82. The van der Waals surface area contributed by atoms with Crippen molar-refractivity contribution in [1.82, 2.24) is 4.31 Å². The van der Waals surface area contributed by atoms with Crippen LogP contribution in [-0.4, -0.2) is 50.6 Å². The Balaban J connectivity index is 2.07. The van der Waals surface area contributed by atoms with Gasteiger partial charge in [-0.05, 0) is 37.1 Å². The Bertz CT molecular complexity index is 669. The van der Waals surface area contributed by atoms with E-state index in [4.69, 9.17) is 0 Å². The number of nitrogens with zero attached hydrogens (tertiary/aromatic N) is 1. The summed E-state index contributed by atoms with van der Waals surface area (Å²) in [7, 11) is -2.11. The lowest BCUT2D eigenvalue weighted by atomic mass is 10.2. The van der Waals surface area contributed by atoms with Gasteiger partial charge in [0.1, 0.15) is 6.04 Å². The minimum absolute atomic E-state index is 0.359. The number of ether oxygens (including phenoxy) is 1. The Morgan fingerprint density at radius 2 is 1.91 bits per heavy atom. The molecule has 22 heavy (non-hydrogen) atoms.